The number of rotatable bonds is 13. The Hall–Kier alpha value is -3.36. The third-order valence-corrected chi connectivity index (χ3v) is 8.62. The number of likely N-dealkylation sites (N-methyl/N-ethyl adjacent to an activating group) is 2. The van der Waals surface area contributed by atoms with Gasteiger partial charge in [-0.3, -0.25) is 4.79 Å². The number of amidine groups is 1. The SMILES string of the molecule is C=C(OC)/C(=C\C=C(/C)C1(C)C=CC=C(c2cccc(/C(C)=C/N(/N=C(/CN)N(C)C)/C(C=O)=C\C)c2Cl)C1Cl)CNC. The molecule has 2 rings (SSSR count). The Balaban J connectivity index is 2.56. The lowest BCUT2D eigenvalue weighted by Crippen LogP contribution is -2.32. The molecule has 1 aromatic rings. The van der Waals surface area contributed by atoms with E-state index in [2.05, 4.69) is 43.0 Å². The molecule has 1 aliphatic rings. The highest BCUT2D eigenvalue weighted by Gasteiger charge is 2.37. The Kier molecular flexibility index (Phi) is 13.7. The number of benzene rings is 1. The number of hydrogen-bond acceptors (Lipinski definition) is 6. The highest BCUT2D eigenvalue weighted by atomic mass is 35.5. The van der Waals surface area contributed by atoms with Crippen LogP contribution in [0.15, 0.2) is 95.1 Å². The molecule has 232 valence electrons. The van der Waals surface area contributed by atoms with Crippen LogP contribution < -0.4 is 11.1 Å². The molecule has 1 aromatic carbocycles. The van der Waals surface area contributed by atoms with Crippen molar-refractivity contribution in [2.75, 3.05) is 41.3 Å². The maximum Gasteiger partial charge on any atom is 0.168 e. The van der Waals surface area contributed by atoms with Gasteiger partial charge >= 0.3 is 0 Å². The largest absolute Gasteiger partial charge is 0.497 e. The minimum Gasteiger partial charge on any atom is -0.497 e. The van der Waals surface area contributed by atoms with Gasteiger partial charge in [0.1, 0.15) is 17.3 Å². The van der Waals surface area contributed by atoms with Gasteiger partial charge in [0.15, 0.2) is 6.29 Å². The van der Waals surface area contributed by atoms with Crippen LogP contribution in [0, 0.1) is 5.41 Å². The lowest BCUT2D eigenvalue weighted by molar-refractivity contribution is -0.105. The Morgan fingerprint density at radius 2 is 1.98 bits per heavy atom. The van der Waals surface area contributed by atoms with E-state index < -0.39 is 10.8 Å². The highest BCUT2D eigenvalue weighted by Crippen LogP contribution is 2.47. The summed E-state index contributed by atoms with van der Waals surface area (Å²) in [7, 11) is 7.20. The number of carbonyl (C=O) groups excluding carboxylic acids is 1. The Labute approximate surface area is 267 Å². The number of halogens is 2. The number of ether oxygens (including phenoxy) is 1. The molecule has 2 atom stereocenters. The average molecular weight is 627 g/mol. The molecule has 0 heterocycles. The third-order valence-electron chi connectivity index (χ3n) is 7.53. The molecule has 43 heavy (non-hydrogen) atoms. The van der Waals surface area contributed by atoms with Crippen LogP contribution in [0.3, 0.4) is 0 Å². The smallest absolute Gasteiger partial charge is 0.168 e. The number of hydrogen-bond donors (Lipinski definition) is 2. The number of nitrogens with two attached hydrogens (primary N) is 1. The molecule has 7 nitrogen and oxygen atoms in total. The van der Waals surface area contributed by atoms with Crippen molar-refractivity contribution in [3.8, 4) is 0 Å². The summed E-state index contributed by atoms with van der Waals surface area (Å²) in [6, 6.07) is 5.87. The van der Waals surface area contributed by atoms with Crippen molar-refractivity contribution in [2.24, 2.45) is 16.3 Å². The fourth-order valence-electron chi connectivity index (χ4n) is 4.54. The van der Waals surface area contributed by atoms with Crippen molar-refractivity contribution in [1.29, 1.82) is 0 Å². The van der Waals surface area contributed by atoms with Crippen LogP contribution in [0.1, 0.15) is 38.8 Å². The number of nitrogens with zero attached hydrogens (tertiary/aromatic N) is 3. The van der Waals surface area contributed by atoms with Gasteiger partial charge in [0.2, 0.25) is 0 Å². The fraction of sp³-hybridized carbons (Fsp3) is 0.353. The predicted octanol–water partition coefficient (Wildman–Crippen LogP) is 6.76. The van der Waals surface area contributed by atoms with Crippen LogP contribution in [0.5, 0.6) is 0 Å². The van der Waals surface area contributed by atoms with E-state index in [1.165, 1.54) is 5.01 Å². The molecule has 0 saturated heterocycles. The molecule has 0 spiro atoms. The van der Waals surface area contributed by atoms with Gasteiger partial charge in [-0.1, -0.05) is 85.3 Å². The van der Waals surface area contributed by atoms with E-state index in [-0.39, 0.29) is 6.54 Å². The molecule has 0 aliphatic heterocycles. The number of nitrogens with one attached hydrogen (secondary N) is 1. The van der Waals surface area contributed by atoms with E-state index in [9.17, 15) is 4.79 Å². The Morgan fingerprint density at radius 1 is 1.28 bits per heavy atom. The third kappa shape index (κ3) is 8.61. The van der Waals surface area contributed by atoms with Crippen LogP contribution in [-0.4, -0.2) is 68.8 Å². The van der Waals surface area contributed by atoms with Crippen molar-refractivity contribution in [3.63, 3.8) is 0 Å². The second-order valence-corrected chi connectivity index (χ2v) is 11.4. The summed E-state index contributed by atoms with van der Waals surface area (Å²) >= 11 is 14.3. The average Bonchev–Trinajstić information content (AvgIpc) is 2.99. The van der Waals surface area contributed by atoms with Gasteiger partial charge in [-0.2, -0.15) is 5.10 Å². The summed E-state index contributed by atoms with van der Waals surface area (Å²) in [5.74, 6) is 1.22. The summed E-state index contributed by atoms with van der Waals surface area (Å²) in [6.45, 7) is 12.7. The molecule has 0 aromatic heterocycles. The quantitative estimate of drug-likeness (QED) is 0.0368. The normalized spacial score (nSPS) is 20.1. The number of aldehydes is 1. The summed E-state index contributed by atoms with van der Waals surface area (Å²) in [5, 5.41) is 9.46. The summed E-state index contributed by atoms with van der Waals surface area (Å²) < 4.78 is 5.35. The van der Waals surface area contributed by atoms with Crippen molar-refractivity contribution in [2.45, 2.75) is 33.1 Å². The van der Waals surface area contributed by atoms with Gasteiger partial charge in [-0.25, -0.2) is 5.01 Å². The summed E-state index contributed by atoms with van der Waals surface area (Å²) in [5.41, 5.74) is 11.2. The Morgan fingerprint density at radius 3 is 2.53 bits per heavy atom. The first-order valence-electron chi connectivity index (χ1n) is 14.0. The second-order valence-electron chi connectivity index (χ2n) is 10.6. The molecule has 2 unspecified atom stereocenters. The van der Waals surface area contributed by atoms with Crippen molar-refractivity contribution < 1.29 is 9.53 Å². The minimum atomic E-state index is -0.480. The molecule has 0 radical (unpaired) electrons. The topological polar surface area (TPSA) is 83.2 Å². The zero-order chi connectivity index (χ0) is 32.3. The number of allylic oxidation sites excluding steroid dienone is 10. The van der Waals surface area contributed by atoms with Crippen LogP contribution in [0.4, 0.5) is 0 Å². The maximum absolute atomic E-state index is 11.9. The maximum atomic E-state index is 11.9. The molecule has 0 saturated carbocycles. The number of alkyl halides is 1. The minimum absolute atomic E-state index is 0.210. The number of carbonyl (C=O) groups is 1. The molecule has 0 amide bonds. The van der Waals surface area contributed by atoms with E-state index in [0.29, 0.717) is 28.9 Å². The first-order valence-corrected chi connectivity index (χ1v) is 14.8. The number of hydrazone groups is 1. The monoisotopic (exact) mass is 625 g/mol. The molecule has 1 aliphatic carbocycles. The Bertz CT molecular complexity index is 1400. The van der Waals surface area contributed by atoms with Crippen LogP contribution in [-0.2, 0) is 9.53 Å². The van der Waals surface area contributed by atoms with Gasteiger partial charge in [-0.15, -0.1) is 11.6 Å². The lowest BCUT2D eigenvalue weighted by Gasteiger charge is -2.36. The second kappa shape index (κ2) is 16.5. The lowest BCUT2D eigenvalue weighted by atomic mass is 9.72. The van der Waals surface area contributed by atoms with Gasteiger partial charge in [-0.05, 0) is 50.1 Å². The van der Waals surface area contributed by atoms with Crippen molar-refractivity contribution in [3.05, 3.63) is 106 Å². The molecule has 0 fully saturated rings. The fourth-order valence-corrected chi connectivity index (χ4v) is 5.36. The van der Waals surface area contributed by atoms with E-state index >= 15 is 0 Å². The van der Waals surface area contributed by atoms with Crippen molar-refractivity contribution in [1.82, 2.24) is 15.2 Å². The summed E-state index contributed by atoms with van der Waals surface area (Å²) in [4.78, 5) is 13.7. The highest BCUT2D eigenvalue weighted by molar-refractivity contribution is 6.35. The zero-order valence-corrected chi connectivity index (χ0v) is 28.1. The van der Waals surface area contributed by atoms with Crippen LogP contribution in [0.2, 0.25) is 5.02 Å². The predicted molar refractivity (Wildman–Crippen MR) is 184 cm³/mol. The molecule has 0 bridgehead atoms. The van der Waals surface area contributed by atoms with E-state index in [1.807, 2.05) is 69.4 Å². The van der Waals surface area contributed by atoms with Gasteiger partial charge in [0, 0.05) is 37.8 Å². The number of methoxy groups -OCH3 is 1. The molecule has 9 heteroatoms. The first kappa shape index (κ1) is 35.8. The standard InChI is InChI=1S/C34H45Cl2N5O2/c1-10-27(22-42)41(39-31(19-37)40(7)8)21-23(2)28-13-11-14-29(32(28)35)30-15-12-18-34(5,33(30)36)24(3)16-17-26(20-38-6)25(4)43-9/h10-18,21-22,33,38H,4,19-20,37H2,1-3,5-9H3/b23-21+,24-16+,26-17-,27-10-,39-31-. The van der Waals surface area contributed by atoms with Crippen LogP contribution >= 0.6 is 23.2 Å². The molecular weight excluding hydrogens is 581 g/mol. The van der Waals surface area contributed by atoms with Gasteiger partial charge in [0.05, 0.1) is 24.1 Å². The van der Waals surface area contributed by atoms with Crippen molar-refractivity contribution >= 4 is 46.5 Å². The first-order chi connectivity index (χ1) is 20.4. The van der Waals surface area contributed by atoms with E-state index in [1.54, 1.807) is 26.3 Å². The van der Waals surface area contributed by atoms with E-state index in [4.69, 9.17) is 33.7 Å². The van der Waals surface area contributed by atoms with Gasteiger partial charge < -0.3 is 20.7 Å². The van der Waals surface area contributed by atoms with Gasteiger partial charge in [0.25, 0.3) is 0 Å². The molecular formula is C34H45Cl2N5O2. The van der Waals surface area contributed by atoms with E-state index in [0.717, 1.165) is 39.7 Å². The van der Waals surface area contributed by atoms with Crippen LogP contribution in [0.25, 0.3) is 11.1 Å². The summed E-state index contributed by atoms with van der Waals surface area (Å²) in [6.07, 6.45) is 14.5. The molecule has 3 N–H and O–H groups in total. The zero-order valence-electron chi connectivity index (χ0n) is 26.5.